The molecular weight excluding hydrogens is 366 g/mol. The second-order valence-electron chi connectivity index (χ2n) is 6.31. The quantitative estimate of drug-likeness (QED) is 0.854. The highest BCUT2D eigenvalue weighted by Gasteiger charge is 2.35. The minimum Gasteiger partial charge on any atom is -0.496 e. The summed E-state index contributed by atoms with van der Waals surface area (Å²) in [6.07, 6.45) is 0. The SMILES string of the molecule is COc1ccc(NC(=O)[C@@](C)(C#N)c2ccc(Cl)cc2)cc1C(=O)N(C)C. The Hall–Kier alpha value is -3.04. The molecule has 0 bridgehead atoms. The average Bonchev–Trinajstić information content (AvgIpc) is 2.67. The summed E-state index contributed by atoms with van der Waals surface area (Å²) in [5.74, 6) is -0.378. The van der Waals surface area contributed by atoms with E-state index in [4.69, 9.17) is 16.3 Å². The molecule has 2 amide bonds. The van der Waals surface area contributed by atoms with E-state index >= 15 is 0 Å². The predicted molar refractivity (Wildman–Crippen MR) is 104 cm³/mol. The second-order valence-corrected chi connectivity index (χ2v) is 6.75. The molecule has 0 fully saturated rings. The topological polar surface area (TPSA) is 82.4 Å². The summed E-state index contributed by atoms with van der Waals surface area (Å²) in [7, 11) is 4.72. The van der Waals surface area contributed by atoms with Crippen molar-refractivity contribution >= 4 is 29.1 Å². The fourth-order valence-corrected chi connectivity index (χ4v) is 2.61. The van der Waals surface area contributed by atoms with Gasteiger partial charge in [-0.05, 0) is 42.8 Å². The van der Waals surface area contributed by atoms with Crippen molar-refractivity contribution in [1.82, 2.24) is 4.90 Å². The van der Waals surface area contributed by atoms with Crippen molar-refractivity contribution in [1.29, 1.82) is 5.26 Å². The Kier molecular flexibility index (Phi) is 6.09. The Morgan fingerprint density at radius 1 is 1.19 bits per heavy atom. The maximum atomic E-state index is 12.8. The largest absolute Gasteiger partial charge is 0.496 e. The summed E-state index contributed by atoms with van der Waals surface area (Å²) < 4.78 is 5.22. The first kappa shape index (κ1) is 20.3. The van der Waals surface area contributed by atoms with Gasteiger partial charge in [0, 0.05) is 24.8 Å². The molecule has 2 aromatic rings. The van der Waals surface area contributed by atoms with Gasteiger partial charge in [0.15, 0.2) is 5.41 Å². The lowest BCUT2D eigenvalue weighted by atomic mass is 9.83. The number of halogens is 1. The molecule has 27 heavy (non-hydrogen) atoms. The number of hydrogen-bond acceptors (Lipinski definition) is 4. The Labute approximate surface area is 163 Å². The van der Waals surface area contributed by atoms with E-state index in [0.717, 1.165) is 0 Å². The maximum Gasteiger partial charge on any atom is 0.257 e. The molecule has 0 aromatic heterocycles. The van der Waals surface area contributed by atoms with Crippen molar-refractivity contribution in [2.24, 2.45) is 0 Å². The molecule has 7 heteroatoms. The number of anilines is 1. The van der Waals surface area contributed by atoms with E-state index < -0.39 is 11.3 Å². The molecule has 6 nitrogen and oxygen atoms in total. The summed E-state index contributed by atoms with van der Waals surface area (Å²) in [6.45, 7) is 1.53. The first-order valence-corrected chi connectivity index (χ1v) is 8.49. The monoisotopic (exact) mass is 385 g/mol. The molecule has 0 saturated heterocycles. The zero-order valence-corrected chi connectivity index (χ0v) is 16.3. The zero-order valence-electron chi connectivity index (χ0n) is 15.5. The fraction of sp³-hybridized carbons (Fsp3) is 0.250. The van der Waals surface area contributed by atoms with E-state index in [-0.39, 0.29) is 5.91 Å². The van der Waals surface area contributed by atoms with Gasteiger partial charge in [0.25, 0.3) is 5.91 Å². The summed E-state index contributed by atoms with van der Waals surface area (Å²) in [5, 5.41) is 12.9. The van der Waals surface area contributed by atoms with Gasteiger partial charge >= 0.3 is 0 Å². The van der Waals surface area contributed by atoms with Crippen LogP contribution in [0.15, 0.2) is 42.5 Å². The highest BCUT2D eigenvalue weighted by Crippen LogP contribution is 2.28. The smallest absolute Gasteiger partial charge is 0.257 e. The number of ether oxygens (including phenoxy) is 1. The number of methoxy groups -OCH3 is 1. The van der Waals surface area contributed by atoms with Crippen LogP contribution in [0, 0.1) is 11.3 Å². The molecule has 2 aromatic carbocycles. The average molecular weight is 386 g/mol. The third kappa shape index (κ3) is 4.21. The molecular formula is C20H20ClN3O3. The lowest BCUT2D eigenvalue weighted by Gasteiger charge is -2.22. The molecule has 1 N–H and O–H groups in total. The molecule has 0 unspecified atom stereocenters. The maximum absolute atomic E-state index is 12.8. The number of hydrogen-bond donors (Lipinski definition) is 1. The van der Waals surface area contributed by atoms with Crippen molar-refractivity contribution in [3.05, 3.63) is 58.6 Å². The zero-order chi connectivity index (χ0) is 20.2. The third-order valence-corrected chi connectivity index (χ3v) is 4.45. The molecule has 140 valence electrons. The Bertz CT molecular complexity index is 904. The van der Waals surface area contributed by atoms with Gasteiger partial charge in [-0.15, -0.1) is 0 Å². The number of amides is 2. The minimum absolute atomic E-state index is 0.260. The number of benzene rings is 2. The number of nitrogens with zero attached hydrogens (tertiary/aromatic N) is 2. The summed E-state index contributed by atoms with van der Waals surface area (Å²) >= 11 is 5.88. The van der Waals surface area contributed by atoms with E-state index in [1.165, 1.54) is 25.0 Å². The van der Waals surface area contributed by atoms with Crippen LogP contribution in [0.2, 0.25) is 5.02 Å². The van der Waals surface area contributed by atoms with Gasteiger partial charge in [0.05, 0.1) is 18.7 Å². The van der Waals surface area contributed by atoms with Crippen molar-refractivity contribution in [2.75, 3.05) is 26.5 Å². The number of nitrogens with one attached hydrogen (secondary N) is 1. The van der Waals surface area contributed by atoms with E-state index in [9.17, 15) is 14.9 Å². The molecule has 1 atom stereocenters. The first-order valence-electron chi connectivity index (χ1n) is 8.11. The van der Waals surface area contributed by atoms with Gasteiger partial charge < -0.3 is 15.0 Å². The van der Waals surface area contributed by atoms with E-state index in [2.05, 4.69) is 11.4 Å². The van der Waals surface area contributed by atoms with Crippen molar-refractivity contribution in [2.45, 2.75) is 12.3 Å². The normalized spacial score (nSPS) is 12.4. The lowest BCUT2D eigenvalue weighted by Crippen LogP contribution is -2.36. The number of rotatable bonds is 5. The summed E-state index contributed by atoms with van der Waals surface area (Å²) in [4.78, 5) is 26.6. The molecule has 0 aliphatic rings. The summed E-state index contributed by atoms with van der Waals surface area (Å²) in [5.41, 5.74) is -0.201. The van der Waals surface area contributed by atoms with Crippen molar-refractivity contribution in [3.63, 3.8) is 0 Å². The van der Waals surface area contributed by atoms with Gasteiger partial charge in [-0.3, -0.25) is 9.59 Å². The number of carbonyl (C=O) groups excluding carboxylic acids is 2. The Balaban J connectivity index is 2.36. The predicted octanol–water partition coefficient (Wildman–Crippen LogP) is 3.47. The summed E-state index contributed by atoms with van der Waals surface area (Å²) in [6, 6.07) is 13.3. The van der Waals surface area contributed by atoms with Crippen LogP contribution >= 0.6 is 11.6 Å². The van der Waals surface area contributed by atoms with Crippen LogP contribution in [0.4, 0.5) is 5.69 Å². The molecule has 0 spiro atoms. The van der Waals surface area contributed by atoms with Crippen LogP contribution < -0.4 is 10.1 Å². The van der Waals surface area contributed by atoms with E-state index in [1.54, 1.807) is 50.5 Å². The molecule has 0 saturated carbocycles. The first-order chi connectivity index (χ1) is 12.7. The Morgan fingerprint density at radius 2 is 1.81 bits per heavy atom. The second kappa shape index (κ2) is 8.11. The molecule has 0 radical (unpaired) electrons. The number of nitriles is 1. The van der Waals surface area contributed by atoms with Crippen LogP contribution in [0.5, 0.6) is 5.75 Å². The molecule has 0 aliphatic carbocycles. The van der Waals surface area contributed by atoms with Crippen molar-refractivity contribution < 1.29 is 14.3 Å². The molecule has 0 aliphatic heterocycles. The van der Waals surface area contributed by atoms with Crippen LogP contribution in [0.25, 0.3) is 0 Å². The number of carbonyl (C=O) groups is 2. The highest BCUT2D eigenvalue weighted by molar-refractivity contribution is 6.30. The van der Waals surface area contributed by atoms with Gasteiger partial charge in [-0.2, -0.15) is 5.26 Å². The van der Waals surface area contributed by atoms with Gasteiger partial charge in [-0.25, -0.2) is 0 Å². The molecule has 0 heterocycles. The highest BCUT2D eigenvalue weighted by atomic mass is 35.5. The fourth-order valence-electron chi connectivity index (χ4n) is 2.48. The third-order valence-electron chi connectivity index (χ3n) is 4.19. The van der Waals surface area contributed by atoms with Gasteiger partial charge in [-0.1, -0.05) is 23.7 Å². The van der Waals surface area contributed by atoms with Crippen molar-refractivity contribution in [3.8, 4) is 11.8 Å². The van der Waals surface area contributed by atoms with E-state index in [0.29, 0.717) is 27.6 Å². The van der Waals surface area contributed by atoms with Crippen LogP contribution in [-0.2, 0) is 10.2 Å². The van der Waals surface area contributed by atoms with Crippen LogP contribution in [0.3, 0.4) is 0 Å². The van der Waals surface area contributed by atoms with Crippen LogP contribution in [0.1, 0.15) is 22.8 Å². The van der Waals surface area contributed by atoms with E-state index in [1.807, 2.05) is 0 Å². The minimum atomic E-state index is -1.42. The van der Waals surface area contributed by atoms with Gasteiger partial charge in [0.2, 0.25) is 5.91 Å². The van der Waals surface area contributed by atoms with Gasteiger partial charge in [0.1, 0.15) is 5.75 Å². The Morgan fingerprint density at radius 3 is 2.33 bits per heavy atom. The molecule has 2 rings (SSSR count). The lowest BCUT2D eigenvalue weighted by molar-refractivity contribution is -0.119. The van der Waals surface area contributed by atoms with Crippen LogP contribution in [-0.4, -0.2) is 37.9 Å². The standard InChI is InChI=1S/C20H20ClN3O3/c1-20(12-22,13-5-7-14(21)8-6-13)19(26)23-15-9-10-17(27-4)16(11-15)18(25)24(2)3/h5-11H,1-4H3,(H,23,26)/t20-/m0/s1.